The molecule has 186 valence electrons. The minimum Gasteiger partial charge on any atom is -0.338 e. The van der Waals surface area contributed by atoms with Gasteiger partial charge in [0.25, 0.3) is 5.91 Å². The molecule has 36 heavy (non-hydrogen) atoms. The monoisotopic (exact) mass is 519 g/mol. The largest absolute Gasteiger partial charge is 0.416 e. The molecule has 0 saturated heterocycles. The molecule has 4 rings (SSSR count). The summed E-state index contributed by atoms with van der Waals surface area (Å²) in [7, 11) is 0. The number of carbonyl (C=O) groups is 1. The van der Waals surface area contributed by atoms with Crippen molar-refractivity contribution in [2.75, 3.05) is 0 Å². The summed E-state index contributed by atoms with van der Waals surface area (Å²) in [4.78, 5) is 13.3. The van der Waals surface area contributed by atoms with Crippen molar-refractivity contribution in [3.63, 3.8) is 0 Å². The predicted molar refractivity (Wildman–Crippen MR) is 126 cm³/mol. The summed E-state index contributed by atoms with van der Waals surface area (Å²) in [6.07, 6.45) is -9.48. The highest BCUT2D eigenvalue weighted by Crippen LogP contribution is 2.40. The number of hydrogen-bond acceptors (Lipinski definition) is 2. The second-order valence-corrected chi connectivity index (χ2v) is 8.97. The zero-order chi connectivity index (χ0) is 26.0. The molecule has 0 radical (unpaired) electrons. The number of hydrogen-bond donors (Lipinski definition) is 1. The minimum atomic E-state index is -4.69. The Hall–Kier alpha value is -3.59. The summed E-state index contributed by atoms with van der Waals surface area (Å²) < 4.78 is 81.9. The van der Waals surface area contributed by atoms with Gasteiger partial charge in [-0.05, 0) is 52.4 Å². The lowest BCUT2D eigenvalue weighted by molar-refractivity contribution is -0.138. The van der Waals surface area contributed by atoms with Gasteiger partial charge in [-0.15, -0.1) is 0 Å². The van der Waals surface area contributed by atoms with Gasteiger partial charge in [0.2, 0.25) is 0 Å². The Morgan fingerprint density at radius 2 is 1.22 bits per heavy atom. The normalized spacial score (nSPS) is 12.4. The molecule has 0 saturated carbocycles. The molecule has 9 heteroatoms. The molecule has 1 aromatic heterocycles. The van der Waals surface area contributed by atoms with Gasteiger partial charge in [0.1, 0.15) is 0 Å². The maximum atomic E-state index is 13.7. The van der Waals surface area contributed by atoms with Gasteiger partial charge in [0.15, 0.2) is 0 Å². The lowest BCUT2D eigenvalue weighted by atomic mass is 9.76. The molecule has 4 aromatic rings. The number of alkyl halides is 6. The van der Waals surface area contributed by atoms with Crippen LogP contribution < -0.4 is 5.32 Å². The standard InChI is InChI=1S/C27H19F6NOS/c28-26(29,30)22-10-4-8-20(14-22)25(16-18-6-2-1-3-7-18,34-24(35)19-12-13-36-17-19)21-9-5-11-23(15-21)27(31,32)33/h1-15,17H,16H2,(H,34,35). The molecule has 0 aliphatic heterocycles. The van der Waals surface area contributed by atoms with Crippen LogP contribution in [0.15, 0.2) is 95.7 Å². The first-order valence-corrected chi connectivity index (χ1v) is 11.7. The molecule has 0 fully saturated rings. The number of benzene rings is 3. The smallest absolute Gasteiger partial charge is 0.338 e. The van der Waals surface area contributed by atoms with Gasteiger partial charge in [-0.3, -0.25) is 4.79 Å². The van der Waals surface area contributed by atoms with Crippen molar-refractivity contribution in [2.24, 2.45) is 0 Å². The maximum Gasteiger partial charge on any atom is 0.416 e. The Bertz CT molecular complexity index is 1270. The van der Waals surface area contributed by atoms with Crippen LogP contribution in [0.25, 0.3) is 0 Å². The van der Waals surface area contributed by atoms with E-state index in [1.54, 1.807) is 41.1 Å². The van der Waals surface area contributed by atoms with Gasteiger partial charge in [-0.1, -0.05) is 54.6 Å². The first kappa shape index (κ1) is 25.5. The van der Waals surface area contributed by atoms with Crippen LogP contribution in [0.4, 0.5) is 26.3 Å². The van der Waals surface area contributed by atoms with Gasteiger partial charge in [0.05, 0.1) is 22.2 Å². The molecule has 0 atom stereocenters. The zero-order valence-electron chi connectivity index (χ0n) is 18.5. The van der Waals surface area contributed by atoms with Crippen LogP contribution >= 0.6 is 11.3 Å². The van der Waals surface area contributed by atoms with Crippen molar-refractivity contribution in [3.05, 3.63) is 129 Å². The van der Waals surface area contributed by atoms with Gasteiger partial charge >= 0.3 is 12.4 Å². The molecule has 0 bridgehead atoms. The summed E-state index contributed by atoms with van der Waals surface area (Å²) in [5.41, 5.74) is -2.84. The number of amides is 1. The SMILES string of the molecule is O=C(NC(Cc1ccccc1)(c1cccc(C(F)(F)F)c1)c1cccc(C(F)(F)F)c1)c1ccsc1. The molecule has 1 N–H and O–H groups in total. The number of thiophene rings is 1. The van der Waals surface area contributed by atoms with Crippen molar-refractivity contribution in [1.29, 1.82) is 0 Å². The summed E-state index contributed by atoms with van der Waals surface area (Å²) in [5.74, 6) is -0.623. The Labute approximate surface area is 207 Å². The molecule has 0 spiro atoms. The fraction of sp³-hybridized carbons (Fsp3) is 0.148. The van der Waals surface area contributed by atoms with Crippen LogP contribution in [0.3, 0.4) is 0 Å². The van der Waals surface area contributed by atoms with Gasteiger partial charge in [0, 0.05) is 11.8 Å². The van der Waals surface area contributed by atoms with Crippen molar-refractivity contribution in [1.82, 2.24) is 5.32 Å². The van der Waals surface area contributed by atoms with Gasteiger partial charge in [-0.25, -0.2) is 0 Å². The van der Waals surface area contributed by atoms with E-state index in [1.807, 2.05) is 0 Å². The molecular formula is C27H19F6NOS. The highest BCUT2D eigenvalue weighted by molar-refractivity contribution is 7.08. The van der Waals surface area contributed by atoms with E-state index in [4.69, 9.17) is 0 Å². The van der Waals surface area contributed by atoms with Crippen molar-refractivity contribution in [2.45, 2.75) is 24.3 Å². The van der Waals surface area contributed by atoms with E-state index in [2.05, 4.69) is 5.32 Å². The highest BCUT2D eigenvalue weighted by Gasteiger charge is 2.41. The highest BCUT2D eigenvalue weighted by atomic mass is 32.1. The van der Waals surface area contributed by atoms with Crippen LogP contribution in [0, 0.1) is 0 Å². The molecule has 2 nitrogen and oxygen atoms in total. The van der Waals surface area contributed by atoms with Crippen molar-refractivity contribution >= 4 is 17.2 Å². The summed E-state index contributed by atoms with van der Waals surface area (Å²) in [6.45, 7) is 0. The van der Waals surface area contributed by atoms with E-state index in [-0.39, 0.29) is 23.1 Å². The van der Waals surface area contributed by atoms with E-state index in [0.29, 0.717) is 5.56 Å². The predicted octanol–water partition coefficient (Wildman–Crippen LogP) is 7.70. The summed E-state index contributed by atoms with van der Waals surface area (Å²) in [5, 5.41) is 6.02. The third kappa shape index (κ3) is 5.46. The van der Waals surface area contributed by atoms with E-state index < -0.39 is 34.9 Å². The van der Waals surface area contributed by atoms with Crippen LogP contribution in [-0.4, -0.2) is 5.91 Å². The van der Waals surface area contributed by atoms with Crippen LogP contribution in [0.1, 0.15) is 38.2 Å². The van der Waals surface area contributed by atoms with Gasteiger partial charge in [-0.2, -0.15) is 37.7 Å². The van der Waals surface area contributed by atoms with E-state index in [1.165, 1.54) is 41.7 Å². The molecule has 1 heterocycles. The van der Waals surface area contributed by atoms with Crippen LogP contribution in [-0.2, 0) is 24.3 Å². The molecule has 0 aliphatic rings. The van der Waals surface area contributed by atoms with Gasteiger partial charge < -0.3 is 5.32 Å². The number of carbonyl (C=O) groups excluding carboxylic acids is 1. The average Bonchev–Trinajstić information content (AvgIpc) is 3.39. The number of halogens is 6. The second kappa shape index (κ2) is 9.81. The molecule has 3 aromatic carbocycles. The second-order valence-electron chi connectivity index (χ2n) is 8.19. The Balaban J connectivity index is 1.99. The van der Waals surface area contributed by atoms with Crippen LogP contribution in [0.2, 0.25) is 0 Å². The third-order valence-corrected chi connectivity index (χ3v) is 6.47. The third-order valence-electron chi connectivity index (χ3n) is 5.79. The van der Waals surface area contributed by atoms with Crippen molar-refractivity contribution < 1.29 is 31.1 Å². The fourth-order valence-electron chi connectivity index (χ4n) is 4.04. The first-order chi connectivity index (χ1) is 17.0. The summed E-state index contributed by atoms with van der Waals surface area (Å²) in [6, 6.07) is 18.7. The average molecular weight is 520 g/mol. The Morgan fingerprint density at radius 1 is 0.694 bits per heavy atom. The zero-order valence-corrected chi connectivity index (χ0v) is 19.3. The number of nitrogens with one attached hydrogen (secondary N) is 1. The first-order valence-electron chi connectivity index (χ1n) is 10.7. The lowest BCUT2D eigenvalue weighted by Crippen LogP contribution is -2.48. The minimum absolute atomic E-state index is 0.00378. The van der Waals surface area contributed by atoms with E-state index in [0.717, 1.165) is 24.3 Å². The molecule has 1 amide bonds. The number of rotatable bonds is 6. The van der Waals surface area contributed by atoms with E-state index in [9.17, 15) is 31.1 Å². The van der Waals surface area contributed by atoms with Crippen molar-refractivity contribution in [3.8, 4) is 0 Å². The van der Waals surface area contributed by atoms with Crippen LogP contribution in [0.5, 0.6) is 0 Å². The van der Waals surface area contributed by atoms with E-state index >= 15 is 0 Å². The topological polar surface area (TPSA) is 29.1 Å². The lowest BCUT2D eigenvalue weighted by Gasteiger charge is -2.37. The molecule has 0 unspecified atom stereocenters. The maximum absolute atomic E-state index is 13.7. The quantitative estimate of drug-likeness (QED) is 0.260. The Morgan fingerprint density at radius 3 is 1.69 bits per heavy atom. The summed E-state index contributed by atoms with van der Waals surface area (Å²) >= 11 is 1.24. The fourth-order valence-corrected chi connectivity index (χ4v) is 4.68. The molecule has 0 aliphatic carbocycles. The Kier molecular flexibility index (Phi) is 6.95. The molecular weight excluding hydrogens is 500 g/mol.